The third-order valence-electron chi connectivity index (χ3n) is 3.44. The molecular formula is C16H23N3OS. The average Bonchev–Trinajstić information content (AvgIpc) is 2.90. The van der Waals surface area contributed by atoms with E-state index in [9.17, 15) is 4.79 Å². The number of aryl methyl sites for hydroxylation is 1. The fourth-order valence-electron chi connectivity index (χ4n) is 2.35. The van der Waals surface area contributed by atoms with Crippen molar-refractivity contribution < 1.29 is 4.79 Å². The SMILES string of the molecule is O=C(CCS)NCCNCCCc1c[nH]c2ccccc12. The summed E-state index contributed by atoms with van der Waals surface area (Å²) in [6.45, 7) is 2.45. The number of carbonyl (C=O) groups is 1. The second-order valence-electron chi connectivity index (χ2n) is 5.04. The van der Waals surface area contributed by atoms with Crippen molar-refractivity contribution in [1.82, 2.24) is 15.6 Å². The van der Waals surface area contributed by atoms with Crippen LogP contribution < -0.4 is 10.6 Å². The summed E-state index contributed by atoms with van der Waals surface area (Å²) in [4.78, 5) is 14.5. The van der Waals surface area contributed by atoms with Gasteiger partial charge in [0, 0.05) is 36.6 Å². The molecule has 0 aliphatic rings. The molecule has 2 aromatic rings. The Morgan fingerprint density at radius 2 is 2.05 bits per heavy atom. The molecule has 0 aliphatic heterocycles. The Balaban J connectivity index is 1.59. The highest BCUT2D eigenvalue weighted by Gasteiger charge is 2.02. The van der Waals surface area contributed by atoms with Crippen LogP contribution in [0.4, 0.5) is 0 Å². The first-order valence-electron chi connectivity index (χ1n) is 7.44. The largest absolute Gasteiger partial charge is 0.361 e. The molecule has 3 N–H and O–H groups in total. The topological polar surface area (TPSA) is 56.9 Å². The van der Waals surface area contributed by atoms with E-state index in [2.05, 4.69) is 52.6 Å². The molecule has 0 aliphatic carbocycles. The van der Waals surface area contributed by atoms with Gasteiger partial charge in [-0.1, -0.05) is 18.2 Å². The van der Waals surface area contributed by atoms with Crippen molar-refractivity contribution in [2.75, 3.05) is 25.4 Å². The van der Waals surface area contributed by atoms with Gasteiger partial charge in [0.2, 0.25) is 5.91 Å². The van der Waals surface area contributed by atoms with Crippen LogP contribution in [-0.2, 0) is 11.2 Å². The first-order chi connectivity index (χ1) is 10.3. The second kappa shape index (κ2) is 8.74. The van der Waals surface area contributed by atoms with Crippen molar-refractivity contribution in [3.8, 4) is 0 Å². The fourth-order valence-corrected chi connectivity index (χ4v) is 2.55. The van der Waals surface area contributed by atoms with Gasteiger partial charge in [0.15, 0.2) is 0 Å². The molecule has 0 spiro atoms. The molecule has 0 unspecified atom stereocenters. The van der Waals surface area contributed by atoms with Crippen LogP contribution in [0.15, 0.2) is 30.5 Å². The normalized spacial score (nSPS) is 10.9. The molecule has 1 heterocycles. The number of para-hydroxylation sites is 1. The van der Waals surface area contributed by atoms with Crippen LogP contribution in [0.3, 0.4) is 0 Å². The van der Waals surface area contributed by atoms with Gasteiger partial charge in [-0.25, -0.2) is 0 Å². The number of fused-ring (bicyclic) bond motifs is 1. The van der Waals surface area contributed by atoms with Crippen LogP contribution in [0.25, 0.3) is 10.9 Å². The highest BCUT2D eigenvalue weighted by molar-refractivity contribution is 7.80. The maximum absolute atomic E-state index is 11.2. The number of hydrogen-bond acceptors (Lipinski definition) is 3. The minimum atomic E-state index is 0.0746. The van der Waals surface area contributed by atoms with Crippen molar-refractivity contribution >= 4 is 29.4 Å². The van der Waals surface area contributed by atoms with E-state index in [1.807, 2.05) is 6.07 Å². The molecule has 0 fully saturated rings. The van der Waals surface area contributed by atoms with Gasteiger partial charge in [0.05, 0.1) is 0 Å². The zero-order valence-electron chi connectivity index (χ0n) is 12.2. The molecule has 5 heteroatoms. The number of H-pyrrole nitrogens is 1. The zero-order chi connectivity index (χ0) is 14.9. The van der Waals surface area contributed by atoms with E-state index >= 15 is 0 Å². The lowest BCUT2D eigenvalue weighted by Gasteiger charge is -2.06. The van der Waals surface area contributed by atoms with Crippen molar-refractivity contribution in [2.24, 2.45) is 0 Å². The Morgan fingerprint density at radius 1 is 1.19 bits per heavy atom. The molecule has 21 heavy (non-hydrogen) atoms. The van der Waals surface area contributed by atoms with Gasteiger partial charge in [0.1, 0.15) is 0 Å². The second-order valence-corrected chi connectivity index (χ2v) is 5.48. The maximum atomic E-state index is 11.2. The van der Waals surface area contributed by atoms with E-state index in [0.717, 1.165) is 25.9 Å². The Labute approximate surface area is 131 Å². The Hall–Kier alpha value is -1.46. The molecule has 4 nitrogen and oxygen atoms in total. The highest BCUT2D eigenvalue weighted by atomic mass is 32.1. The number of aromatic nitrogens is 1. The first kappa shape index (κ1) is 15.9. The molecule has 0 radical (unpaired) electrons. The predicted octanol–water partition coefficient (Wildman–Crippen LogP) is 2.13. The quantitative estimate of drug-likeness (QED) is 0.424. The molecule has 2 rings (SSSR count). The molecule has 0 saturated heterocycles. The average molecular weight is 305 g/mol. The lowest BCUT2D eigenvalue weighted by molar-refractivity contribution is -0.120. The van der Waals surface area contributed by atoms with E-state index in [-0.39, 0.29) is 5.91 Å². The van der Waals surface area contributed by atoms with Crippen LogP contribution in [0.1, 0.15) is 18.4 Å². The number of hydrogen-bond donors (Lipinski definition) is 4. The van der Waals surface area contributed by atoms with Crippen LogP contribution in [-0.4, -0.2) is 36.3 Å². The number of amides is 1. The first-order valence-corrected chi connectivity index (χ1v) is 8.08. The standard InChI is InChI=1S/C16H23N3OS/c20-16(7-11-21)18-10-9-17-8-3-4-13-12-19-15-6-2-1-5-14(13)15/h1-2,5-6,12,17,19,21H,3-4,7-11H2,(H,18,20). The number of rotatable bonds is 9. The Morgan fingerprint density at radius 3 is 2.90 bits per heavy atom. The number of aromatic amines is 1. The smallest absolute Gasteiger partial charge is 0.220 e. The van der Waals surface area contributed by atoms with E-state index in [4.69, 9.17) is 0 Å². The number of nitrogens with one attached hydrogen (secondary N) is 3. The summed E-state index contributed by atoms with van der Waals surface area (Å²) in [7, 11) is 0. The highest BCUT2D eigenvalue weighted by Crippen LogP contribution is 2.18. The molecule has 0 bridgehead atoms. The molecule has 0 saturated carbocycles. The molecule has 1 amide bonds. The fraction of sp³-hybridized carbons (Fsp3) is 0.438. The molecular weight excluding hydrogens is 282 g/mol. The minimum absolute atomic E-state index is 0.0746. The molecule has 1 aromatic carbocycles. The molecule has 114 valence electrons. The van der Waals surface area contributed by atoms with E-state index in [1.54, 1.807) is 0 Å². The lowest BCUT2D eigenvalue weighted by atomic mass is 10.1. The summed E-state index contributed by atoms with van der Waals surface area (Å²) < 4.78 is 0. The summed E-state index contributed by atoms with van der Waals surface area (Å²) in [5.41, 5.74) is 2.57. The Bertz CT molecular complexity index is 567. The van der Waals surface area contributed by atoms with Gasteiger partial charge in [-0.05, 0) is 36.8 Å². The summed E-state index contributed by atoms with van der Waals surface area (Å²) in [5, 5.41) is 7.52. The number of thiol groups is 1. The third kappa shape index (κ3) is 5.10. The van der Waals surface area contributed by atoms with Crippen LogP contribution in [0.2, 0.25) is 0 Å². The van der Waals surface area contributed by atoms with Crippen molar-refractivity contribution in [3.63, 3.8) is 0 Å². The maximum Gasteiger partial charge on any atom is 0.220 e. The van der Waals surface area contributed by atoms with E-state index in [1.165, 1.54) is 16.5 Å². The lowest BCUT2D eigenvalue weighted by Crippen LogP contribution is -2.32. The van der Waals surface area contributed by atoms with Crippen LogP contribution >= 0.6 is 12.6 Å². The number of benzene rings is 1. The van der Waals surface area contributed by atoms with E-state index in [0.29, 0.717) is 18.7 Å². The van der Waals surface area contributed by atoms with Gasteiger partial charge in [-0.3, -0.25) is 4.79 Å². The summed E-state index contributed by atoms with van der Waals surface area (Å²) in [5.74, 6) is 0.676. The summed E-state index contributed by atoms with van der Waals surface area (Å²) >= 11 is 4.03. The van der Waals surface area contributed by atoms with Crippen LogP contribution in [0, 0.1) is 0 Å². The van der Waals surface area contributed by atoms with Gasteiger partial charge >= 0.3 is 0 Å². The van der Waals surface area contributed by atoms with Gasteiger partial charge in [-0.2, -0.15) is 12.6 Å². The van der Waals surface area contributed by atoms with Crippen LogP contribution in [0.5, 0.6) is 0 Å². The summed E-state index contributed by atoms with van der Waals surface area (Å²) in [6, 6.07) is 8.38. The van der Waals surface area contributed by atoms with Crippen molar-refractivity contribution in [3.05, 3.63) is 36.0 Å². The van der Waals surface area contributed by atoms with Gasteiger partial charge in [0.25, 0.3) is 0 Å². The zero-order valence-corrected chi connectivity index (χ0v) is 13.1. The Kier molecular flexibility index (Phi) is 6.63. The number of carbonyl (C=O) groups excluding carboxylic acids is 1. The molecule has 1 aromatic heterocycles. The monoisotopic (exact) mass is 305 g/mol. The van der Waals surface area contributed by atoms with Gasteiger partial charge < -0.3 is 15.6 Å². The van der Waals surface area contributed by atoms with Gasteiger partial charge in [-0.15, -0.1) is 0 Å². The minimum Gasteiger partial charge on any atom is -0.361 e. The third-order valence-corrected chi connectivity index (χ3v) is 3.66. The molecule has 0 atom stereocenters. The van der Waals surface area contributed by atoms with Crippen molar-refractivity contribution in [1.29, 1.82) is 0 Å². The predicted molar refractivity (Wildman–Crippen MR) is 91.0 cm³/mol. The van der Waals surface area contributed by atoms with E-state index < -0.39 is 0 Å². The summed E-state index contributed by atoms with van der Waals surface area (Å²) in [6.07, 6.45) is 4.74. The van der Waals surface area contributed by atoms with Crippen molar-refractivity contribution in [2.45, 2.75) is 19.3 Å².